The Bertz CT molecular complexity index is 614. The summed E-state index contributed by atoms with van der Waals surface area (Å²) in [6, 6.07) is 12.6. The monoisotopic (exact) mass is 284 g/mol. The molecule has 0 spiro atoms. The van der Waals surface area contributed by atoms with E-state index < -0.39 is 0 Å². The molecule has 1 aliphatic rings. The summed E-state index contributed by atoms with van der Waals surface area (Å²) in [5.41, 5.74) is 2.29. The van der Waals surface area contributed by atoms with Gasteiger partial charge in [-0.15, -0.1) is 0 Å². The fraction of sp³-hybridized carbons (Fsp3) is 0.474. The van der Waals surface area contributed by atoms with Crippen LogP contribution in [-0.4, -0.2) is 17.8 Å². The summed E-state index contributed by atoms with van der Waals surface area (Å²) in [5, 5.41) is 13.1. The first-order chi connectivity index (χ1) is 10.2. The fourth-order valence-electron chi connectivity index (χ4n) is 3.52. The quantitative estimate of drug-likeness (QED) is 0.882. The van der Waals surface area contributed by atoms with E-state index in [1.807, 2.05) is 19.1 Å². The van der Waals surface area contributed by atoms with Crippen molar-refractivity contribution in [1.82, 2.24) is 0 Å². The number of hydrogen-bond acceptors (Lipinski definition) is 2. The Morgan fingerprint density at radius 3 is 2.71 bits per heavy atom. The summed E-state index contributed by atoms with van der Waals surface area (Å²) >= 11 is 0. The first-order valence-electron chi connectivity index (χ1n) is 7.97. The molecule has 3 rings (SSSR count). The van der Waals surface area contributed by atoms with Crippen molar-refractivity contribution in [2.75, 3.05) is 6.61 Å². The van der Waals surface area contributed by atoms with Gasteiger partial charge in [-0.1, -0.05) is 36.4 Å². The highest BCUT2D eigenvalue weighted by Gasteiger charge is 2.31. The number of aryl methyl sites for hydroxylation is 1. The van der Waals surface area contributed by atoms with Gasteiger partial charge in [0.2, 0.25) is 0 Å². The van der Waals surface area contributed by atoms with Gasteiger partial charge in [0.15, 0.2) is 0 Å². The van der Waals surface area contributed by atoms with Crippen LogP contribution in [0.5, 0.6) is 0 Å². The topological polar surface area (TPSA) is 29.5 Å². The molecule has 21 heavy (non-hydrogen) atoms. The molecule has 2 heteroatoms. The largest absolute Gasteiger partial charge is 0.388 e. The minimum absolute atomic E-state index is 0.372. The molecule has 1 unspecified atom stereocenters. The minimum atomic E-state index is -0.372. The maximum atomic E-state index is 10.7. The smallest absolute Gasteiger partial charge is 0.0801 e. The number of aliphatic hydroxyl groups is 1. The van der Waals surface area contributed by atoms with Crippen molar-refractivity contribution in [3.63, 3.8) is 0 Å². The Hall–Kier alpha value is -1.38. The summed E-state index contributed by atoms with van der Waals surface area (Å²) < 4.78 is 5.61. The summed E-state index contributed by atoms with van der Waals surface area (Å²) in [4.78, 5) is 0. The van der Waals surface area contributed by atoms with Crippen molar-refractivity contribution in [2.24, 2.45) is 5.92 Å². The molecule has 0 aliphatic heterocycles. The predicted molar refractivity (Wildman–Crippen MR) is 86.4 cm³/mol. The highest BCUT2D eigenvalue weighted by Crippen LogP contribution is 2.39. The Labute approximate surface area is 126 Å². The molecule has 0 radical (unpaired) electrons. The van der Waals surface area contributed by atoms with Crippen molar-refractivity contribution in [3.05, 3.63) is 47.5 Å². The lowest BCUT2D eigenvalue weighted by Crippen LogP contribution is -2.32. The van der Waals surface area contributed by atoms with Crippen LogP contribution in [0, 0.1) is 12.8 Å². The molecule has 0 aromatic heterocycles. The standard InChI is InChI=1S/C19H24O2/c1-3-21-16-10-14(11-16)12-18(20)19-13(2)8-9-15-6-4-5-7-17(15)19/h4-9,14,16,18,20H,3,10-12H2,1-2H3. The summed E-state index contributed by atoms with van der Waals surface area (Å²) in [6.07, 6.45) is 3.08. The SMILES string of the molecule is CCOC1CC(CC(O)c2c(C)ccc3ccccc23)C1. The molecule has 2 aromatic carbocycles. The maximum absolute atomic E-state index is 10.7. The van der Waals surface area contributed by atoms with E-state index in [1.165, 1.54) is 16.3 Å². The Kier molecular flexibility index (Phi) is 4.27. The second-order valence-corrected chi connectivity index (χ2v) is 6.18. The van der Waals surface area contributed by atoms with Gasteiger partial charge in [-0.3, -0.25) is 0 Å². The van der Waals surface area contributed by atoms with Crippen LogP contribution < -0.4 is 0 Å². The molecule has 1 fully saturated rings. The van der Waals surface area contributed by atoms with Crippen molar-refractivity contribution >= 4 is 10.8 Å². The van der Waals surface area contributed by atoms with Gasteiger partial charge in [0.05, 0.1) is 12.2 Å². The fourth-order valence-corrected chi connectivity index (χ4v) is 3.52. The maximum Gasteiger partial charge on any atom is 0.0801 e. The molecule has 1 aliphatic carbocycles. The average molecular weight is 284 g/mol. The third-order valence-corrected chi connectivity index (χ3v) is 4.67. The molecule has 1 atom stereocenters. The molecule has 1 N–H and O–H groups in total. The number of ether oxygens (including phenoxy) is 1. The second kappa shape index (κ2) is 6.17. The van der Waals surface area contributed by atoms with Gasteiger partial charge >= 0.3 is 0 Å². The van der Waals surface area contributed by atoms with Crippen LogP contribution in [-0.2, 0) is 4.74 Å². The van der Waals surface area contributed by atoms with Crippen LogP contribution in [0.2, 0.25) is 0 Å². The summed E-state index contributed by atoms with van der Waals surface area (Å²) in [5.74, 6) is 0.593. The highest BCUT2D eigenvalue weighted by atomic mass is 16.5. The molecule has 0 saturated heterocycles. The lowest BCUT2D eigenvalue weighted by molar-refractivity contribution is -0.0379. The first-order valence-corrected chi connectivity index (χ1v) is 7.97. The zero-order valence-corrected chi connectivity index (χ0v) is 12.9. The lowest BCUT2D eigenvalue weighted by atomic mass is 9.77. The van der Waals surface area contributed by atoms with E-state index in [0.29, 0.717) is 12.0 Å². The molecule has 0 bridgehead atoms. The molecule has 2 nitrogen and oxygen atoms in total. The molecule has 112 valence electrons. The van der Waals surface area contributed by atoms with Gasteiger partial charge in [0.25, 0.3) is 0 Å². The third-order valence-electron chi connectivity index (χ3n) is 4.67. The summed E-state index contributed by atoms with van der Waals surface area (Å²) in [6.45, 7) is 4.93. The molecule has 1 saturated carbocycles. The Balaban J connectivity index is 1.76. The first kappa shape index (κ1) is 14.6. The van der Waals surface area contributed by atoms with Gasteiger partial charge in [0, 0.05) is 6.61 Å². The lowest BCUT2D eigenvalue weighted by Gasteiger charge is -2.36. The zero-order chi connectivity index (χ0) is 14.8. The molecule has 0 heterocycles. The van der Waals surface area contributed by atoms with E-state index in [1.54, 1.807) is 0 Å². The number of fused-ring (bicyclic) bond motifs is 1. The Morgan fingerprint density at radius 1 is 1.19 bits per heavy atom. The van der Waals surface area contributed by atoms with Gasteiger partial charge in [-0.25, -0.2) is 0 Å². The highest BCUT2D eigenvalue weighted by molar-refractivity contribution is 5.87. The van der Waals surface area contributed by atoms with Gasteiger partial charge in [0.1, 0.15) is 0 Å². The molecule has 0 amide bonds. The molecular formula is C19H24O2. The molecular weight excluding hydrogens is 260 g/mol. The van der Waals surface area contributed by atoms with Crippen molar-refractivity contribution in [2.45, 2.75) is 45.3 Å². The normalized spacial score (nSPS) is 23.0. The van der Waals surface area contributed by atoms with Gasteiger partial charge in [-0.2, -0.15) is 0 Å². The third kappa shape index (κ3) is 2.97. The summed E-state index contributed by atoms with van der Waals surface area (Å²) in [7, 11) is 0. The number of aliphatic hydroxyl groups excluding tert-OH is 1. The van der Waals surface area contributed by atoms with E-state index in [-0.39, 0.29) is 6.10 Å². The van der Waals surface area contributed by atoms with Crippen LogP contribution in [0.1, 0.15) is 43.4 Å². The number of rotatable bonds is 5. The van der Waals surface area contributed by atoms with Crippen molar-refractivity contribution in [1.29, 1.82) is 0 Å². The molecule has 2 aromatic rings. The van der Waals surface area contributed by atoms with Crippen LogP contribution in [0.3, 0.4) is 0 Å². The van der Waals surface area contributed by atoms with Crippen LogP contribution >= 0.6 is 0 Å². The average Bonchev–Trinajstić information content (AvgIpc) is 2.44. The van der Waals surface area contributed by atoms with Crippen molar-refractivity contribution in [3.8, 4) is 0 Å². The van der Waals surface area contributed by atoms with E-state index in [0.717, 1.165) is 31.4 Å². The predicted octanol–water partition coefficient (Wildman–Crippen LogP) is 4.39. The van der Waals surface area contributed by atoms with E-state index in [2.05, 4.69) is 31.2 Å². The van der Waals surface area contributed by atoms with Gasteiger partial charge < -0.3 is 9.84 Å². The van der Waals surface area contributed by atoms with Gasteiger partial charge in [-0.05, 0) is 60.9 Å². The van der Waals surface area contributed by atoms with E-state index in [9.17, 15) is 5.11 Å². The number of hydrogen-bond donors (Lipinski definition) is 1. The second-order valence-electron chi connectivity index (χ2n) is 6.18. The van der Waals surface area contributed by atoms with Crippen LogP contribution in [0.25, 0.3) is 10.8 Å². The zero-order valence-electron chi connectivity index (χ0n) is 12.9. The van der Waals surface area contributed by atoms with Crippen LogP contribution in [0.15, 0.2) is 36.4 Å². The van der Waals surface area contributed by atoms with E-state index in [4.69, 9.17) is 4.74 Å². The minimum Gasteiger partial charge on any atom is -0.388 e. The van der Waals surface area contributed by atoms with Crippen molar-refractivity contribution < 1.29 is 9.84 Å². The number of benzene rings is 2. The van der Waals surface area contributed by atoms with E-state index >= 15 is 0 Å². The Morgan fingerprint density at radius 2 is 1.95 bits per heavy atom. The van der Waals surface area contributed by atoms with Crippen LogP contribution in [0.4, 0.5) is 0 Å².